The van der Waals surface area contributed by atoms with E-state index < -0.39 is 11.6 Å². The summed E-state index contributed by atoms with van der Waals surface area (Å²) in [5, 5.41) is 10.6. The minimum absolute atomic E-state index is 0.370. The van der Waals surface area contributed by atoms with Crippen molar-refractivity contribution in [1.29, 1.82) is 0 Å². The van der Waals surface area contributed by atoms with Crippen LogP contribution in [0, 0.1) is 6.92 Å². The number of para-hydroxylation sites is 1. The van der Waals surface area contributed by atoms with Gasteiger partial charge in [-0.3, -0.25) is 0 Å². The second-order valence-electron chi connectivity index (χ2n) is 5.11. The van der Waals surface area contributed by atoms with E-state index in [2.05, 4.69) is 0 Å². The molecule has 1 aliphatic rings. The molecule has 0 spiro atoms. The molecule has 2 rings (SSSR count). The molecule has 0 saturated carbocycles. The smallest absolute Gasteiger partial charge is 0.331 e. The first-order valence-electron chi connectivity index (χ1n) is 6.66. The van der Waals surface area contributed by atoms with Gasteiger partial charge in [-0.25, -0.2) is 4.79 Å². The number of nitrogens with zero attached hydrogens (tertiary/aromatic N) is 1. The van der Waals surface area contributed by atoms with Crippen LogP contribution in [-0.4, -0.2) is 36.4 Å². The molecule has 1 aromatic rings. The number of ether oxygens (including phenoxy) is 1. The summed E-state index contributed by atoms with van der Waals surface area (Å²) in [6.07, 6.45) is 1.12. The zero-order valence-corrected chi connectivity index (χ0v) is 11.7. The molecular weight excluding hydrogens is 242 g/mol. The van der Waals surface area contributed by atoms with Gasteiger partial charge in [0.1, 0.15) is 0 Å². The number of aliphatic hydroxyl groups is 1. The summed E-state index contributed by atoms with van der Waals surface area (Å²) >= 11 is 0. The molecule has 0 bridgehead atoms. The second kappa shape index (κ2) is 5.21. The number of benzene rings is 1. The molecule has 1 N–H and O–H groups in total. The number of rotatable bonds is 3. The van der Waals surface area contributed by atoms with Gasteiger partial charge in [-0.1, -0.05) is 25.1 Å². The summed E-state index contributed by atoms with van der Waals surface area (Å²) < 4.78 is 4.88. The van der Waals surface area contributed by atoms with E-state index in [0.29, 0.717) is 19.4 Å². The lowest BCUT2D eigenvalue weighted by atomic mass is 9.91. The first-order chi connectivity index (χ1) is 9.03. The van der Waals surface area contributed by atoms with Gasteiger partial charge in [0.2, 0.25) is 0 Å². The van der Waals surface area contributed by atoms with Crippen molar-refractivity contribution in [2.75, 3.05) is 18.6 Å². The molecule has 0 aromatic heterocycles. The second-order valence-corrected chi connectivity index (χ2v) is 5.11. The van der Waals surface area contributed by atoms with Crippen molar-refractivity contribution < 1.29 is 14.6 Å². The molecule has 4 nitrogen and oxygen atoms in total. The molecule has 1 aromatic carbocycles. The van der Waals surface area contributed by atoms with Gasteiger partial charge in [0.05, 0.1) is 12.7 Å². The quantitative estimate of drug-likeness (QED) is 0.846. The van der Waals surface area contributed by atoms with Crippen LogP contribution in [0.2, 0.25) is 0 Å². The fourth-order valence-corrected chi connectivity index (χ4v) is 2.84. The number of carbonyl (C=O) groups is 1. The van der Waals surface area contributed by atoms with E-state index >= 15 is 0 Å². The van der Waals surface area contributed by atoms with E-state index in [0.717, 1.165) is 11.3 Å². The summed E-state index contributed by atoms with van der Waals surface area (Å²) in [7, 11) is 1.37. The van der Waals surface area contributed by atoms with Crippen LogP contribution < -0.4 is 4.90 Å². The predicted molar refractivity (Wildman–Crippen MR) is 74.2 cm³/mol. The fraction of sp³-hybridized carbons (Fsp3) is 0.533. The first kappa shape index (κ1) is 13.9. The van der Waals surface area contributed by atoms with Gasteiger partial charge in [-0.2, -0.15) is 0 Å². The van der Waals surface area contributed by atoms with Crippen LogP contribution in [0.15, 0.2) is 24.3 Å². The summed E-state index contributed by atoms with van der Waals surface area (Å²) in [6, 6.07) is 7.27. The zero-order chi connectivity index (χ0) is 14.0. The fourth-order valence-electron chi connectivity index (χ4n) is 2.84. The Morgan fingerprint density at radius 2 is 2.21 bits per heavy atom. The van der Waals surface area contributed by atoms with Gasteiger partial charge in [0, 0.05) is 12.2 Å². The van der Waals surface area contributed by atoms with Gasteiger partial charge in [-0.15, -0.1) is 0 Å². The van der Waals surface area contributed by atoms with E-state index in [1.165, 1.54) is 7.11 Å². The van der Waals surface area contributed by atoms with Crippen LogP contribution in [0.4, 0.5) is 5.69 Å². The molecule has 1 aliphatic heterocycles. The maximum Gasteiger partial charge on any atom is 0.331 e. The van der Waals surface area contributed by atoms with Gasteiger partial charge < -0.3 is 14.7 Å². The number of methoxy groups -OCH3 is 1. The monoisotopic (exact) mass is 263 g/mol. The molecule has 0 amide bonds. The third kappa shape index (κ3) is 2.32. The Balaban J connectivity index is 2.41. The normalized spacial score (nSPS) is 26.5. The largest absolute Gasteiger partial charge is 0.467 e. The Labute approximate surface area is 114 Å². The maximum absolute atomic E-state index is 12.1. The molecule has 0 aliphatic carbocycles. The number of hydrogen-bond acceptors (Lipinski definition) is 4. The highest BCUT2D eigenvalue weighted by Gasteiger charge is 2.50. The van der Waals surface area contributed by atoms with Gasteiger partial charge in [0.15, 0.2) is 6.04 Å². The minimum Gasteiger partial charge on any atom is -0.467 e. The van der Waals surface area contributed by atoms with Crippen molar-refractivity contribution in [2.45, 2.75) is 38.3 Å². The van der Waals surface area contributed by atoms with Gasteiger partial charge in [-0.05, 0) is 31.4 Å². The number of hydrogen-bond donors (Lipinski definition) is 1. The topological polar surface area (TPSA) is 49.8 Å². The Morgan fingerprint density at radius 1 is 1.53 bits per heavy atom. The van der Waals surface area contributed by atoms with Crippen molar-refractivity contribution >= 4 is 11.7 Å². The molecule has 2 unspecified atom stereocenters. The highest BCUT2D eigenvalue weighted by atomic mass is 16.5. The first-order valence-corrected chi connectivity index (χ1v) is 6.66. The molecule has 2 atom stereocenters. The number of anilines is 1. The van der Waals surface area contributed by atoms with E-state index in [4.69, 9.17) is 4.74 Å². The molecule has 104 valence electrons. The van der Waals surface area contributed by atoms with Crippen LogP contribution >= 0.6 is 0 Å². The van der Waals surface area contributed by atoms with E-state index in [-0.39, 0.29) is 5.97 Å². The van der Waals surface area contributed by atoms with Crippen LogP contribution in [0.5, 0.6) is 0 Å². The van der Waals surface area contributed by atoms with Crippen molar-refractivity contribution in [3.05, 3.63) is 29.8 Å². The molecule has 19 heavy (non-hydrogen) atoms. The molecule has 1 fully saturated rings. The number of carbonyl (C=O) groups excluding carboxylic acids is 1. The average molecular weight is 263 g/mol. The lowest BCUT2D eigenvalue weighted by Gasteiger charge is -2.33. The summed E-state index contributed by atoms with van der Waals surface area (Å²) in [4.78, 5) is 14.0. The minimum atomic E-state index is -1.00. The molecule has 1 saturated heterocycles. The van der Waals surface area contributed by atoms with Crippen LogP contribution in [-0.2, 0) is 9.53 Å². The summed E-state index contributed by atoms with van der Waals surface area (Å²) in [6.45, 7) is 4.57. The molecule has 4 heteroatoms. The highest BCUT2D eigenvalue weighted by molar-refractivity contribution is 5.83. The Hall–Kier alpha value is -1.55. The average Bonchev–Trinajstić information content (AvgIpc) is 2.77. The third-order valence-corrected chi connectivity index (χ3v) is 4.07. The van der Waals surface area contributed by atoms with E-state index in [9.17, 15) is 9.90 Å². The molecule has 0 radical (unpaired) electrons. The van der Waals surface area contributed by atoms with Crippen LogP contribution in [0.25, 0.3) is 0 Å². The van der Waals surface area contributed by atoms with Crippen molar-refractivity contribution in [3.8, 4) is 0 Å². The van der Waals surface area contributed by atoms with Gasteiger partial charge in [0.25, 0.3) is 0 Å². The van der Waals surface area contributed by atoms with Crippen LogP contribution in [0.3, 0.4) is 0 Å². The van der Waals surface area contributed by atoms with Gasteiger partial charge >= 0.3 is 5.97 Å². The van der Waals surface area contributed by atoms with E-state index in [1.807, 2.05) is 43.0 Å². The number of esters is 1. The number of aryl methyl sites for hydroxylation is 1. The molecular formula is C15H21NO3. The Morgan fingerprint density at radius 3 is 2.79 bits per heavy atom. The Bertz CT molecular complexity index is 474. The summed E-state index contributed by atoms with van der Waals surface area (Å²) in [5.41, 5.74) is 1.08. The Kier molecular flexibility index (Phi) is 3.80. The lowest BCUT2D eigenvalue weighted by Crippen LogP contribution is -2.50. The SMILES string of the molecule is CCC1(O)CCN(c2ccccc2C)C1C(=O)OC. The zero-order valence-electron chi connectivity index (χ0n) is 11.7. The van der Waals surface area contributed by atoms with Crippen molar-refractivity contribution in [2.24, 2.45) is 0 Å². The lowest BCUT2D eigenvalue weighted by molar-refractivity contribution is -0.147. The summed E-state index contributed by atoms with van der Waals surface area (Å²) in [5.74, 6) is -0.370. The maximum atomic E-state index is 12.1. The van der Waals surface area contributed by atoms with Crippen molar-refractivity contribution in [1.82, 2.24) is 0 Å². The predicted octanol–water partition coefficient (Wildman–Crippen LogP) is 1.89. The highest BCUT2D eigenvalue weighted by Crippen LogP contribution is 2.36. The standard InChI is InChI=1S/C15H21NO3/c1-4-15(18)9-10-16(13(15)14(17)19-3)12-8-6-5-7-11(12)2/h5-8,13,18H,4,9-10H2,1-3H3. The van der Waals surface area contributed by atoms with E-state index in [1.54, 1.807) is 0 Å². The third-order valence-electron chi connectivity index (χ3n) is 4.07. The van der Waals surface area contributed by atoms with Crippen molar-refractivity contribution in [3.63, 3.8) is 0 Å². The molecule has 1 heterocycles. The van der Waals surface area contributed by atoms with Crippen LogP contribution in [0.1, 0.15) is 25.3 Å².